The molecule has 0 bridgehead atoms. The second-order valence-corrected chi connectivity index (χ2v) is 4.34. The summed E-state index contributed by atoms with van der Waals surface area (Å²) in [7, 11) is 0. The number of rotatable bonds is 3. The van der Waals surface area contributed by atoms with Crippen molar-refractivity contribution in [2.24, 2.45) is 0 Å². The van der Waals surface area contributed by atoms with Crippen LogP contribution >= 0.6 is 11.8 Å². The fraction of sp³-hybridized carbons (Fsp3) is 0.400. The third-order valence-corrected chi connectivity index (χ3v) is 3.68. The highest BCUT2D eigenvalue weighted by molar-refractivity contribution is 8.00. The molecule has 0 saturated carbocycles. The van der Waals surface area contributed by atoms with E-state index in [0.717, 1.165) is 0 Å². The Morgan fingerprint density at radius 1 is 1.38 bits per heavy atom. The van der Waals surface area contributed by atoms with Crippen molar-refractivity contribution in [2.45, 2.75) is 12.5 Å². The van der Waals surface area contributed by atoms with Crippen LogP contribution in [0.25, 0.3) is 0 Å². The summed E-state index contributed by atoms with van der Waals surface area (Å²) < 4.78 is 0. The third kappa shape index (κ3) is 1.88. The summed E-state index contributed by atoms with van der Waals surface area (Å²) >= 11 is 1.98. The number of hydrogen-bond donors (Lipinski definition) is 2. The van der Waals surface area contributed by atoms with Gasteiger partial charge in [-0.1, -0.05) is 24.3 Å². The van der Waals surface area contributed by atoms with Crippen LogP contribution in [0.3, 0.4) is 0 Å². The molecule has 1 aromatic carbocycles. The second-order valence-electron chi connectivity index (χ2n) is 3.27. The van der Waals surface area contributed by atoms with Crippen LogP contribution in [0, 0.1) is 0 Å². The van der Waals surface area contributed by atoms with Crippen molar-refractivity contribution in [1.29, 1.82) is 0 Å². The van der Waals surface area contributed by atoms with E-state index in [9.17, 15) is 0 Å². The van der Waals surface area contributed by atoms with Gasteiger partial charge in [-0.25, -0.2) is 5.48 Å². The Hall–Kier alpha value is -0.510. The van der Waals surface area contributed by atoms with E-state index in [2.05, 4.69) is 23.7 Å². The number of thioether (sulfide) groups is 1. The Morgan fingerprint density at radius 2 is 2.15 bits per heavy atom. The van der Waals surface area contributed by atoms with E-state index in [1.807, 2.05) is 17.8 Å². The highest BCUT2D eigenvalue weighted by atomic mass is 32.2. The van der Waals surface area contributed by atoms with E-state index >= 15 is 0 Å². The van der Waals surface area contributed by atoms with Crippen LogP contribution in [0.5, 0.6) is 0 Å². The first-order valence-electron chi connectivity index (χ1n) is 4.44. The van der Waals surface area contributed by atoms with Crippen LogP contribution in [0.4, 0.5) is 0 Å². The molecule has 0 amide bonds. The summed E-state index contributed by atoms with van der Waals surface area (Å²) in [6.07, 6.45) is 0. The highest BCUT2D eigenvalue weighted by Gasteiger charge is 2.21. The molecular weight excluding hydrogens is 182 g/mol. The molecule has 1 aliphatic rings. The average molecular weight is 195 g/mol. The zero-order valence-electron chi connectivity index (χ0n) is 7.36. The average Bonchev–Trinajstić information content (AvgIpc) is 2.05. The number of hydrogen-bond acceptors (Lipinski definition) is 3. The minimum absolute atomic E-state index is 0.553. The van der Waals surface area contributed by atoms with E-state index in [-0.39, 0.29) is 0 Å². The molecule has 0 unspecified atom stereocenters. The second kappa shape index (κ2) is 4.13. The number of benzene rings is 1. The zero-order valence-corrected chi connectivity index (χ0v) is 8.18. The lowest BCUT2D eigenvalue weighted by molar-refractivity contribution is 0.161. The van der Waals surface area contributed by atoms with E-state index in [1.165, 1.54) is 22.6 Å². The molecule has 0 aromatic heterocycles. The van der Waals surface area contributed by atoms with Crippen LogP contribution < -0.4 is 5.48 Å². The predicted molar refractivity (Wildman–Crippen MR) is 55.1 cm³/mol. The molecule has 2 nitrogen and oxygen atoms in total. The molecule has 70 valence electrons. The van der Waals surface area contributed by atoms with Gasteiger partial charge in [-0.2, -0.15) is 11.8 Å². The lowest BCUT2D eigenvalue weighted by Gasteiger charge is -2.27. The fourth-order valence-electron chi connectivity index (χ4n) is 1.59. The largest absolute Gasteiger partial charge is 0.316 e. The summed E-state index contributed by atoms with van der Waals surface area (Å²) in [5.41, 5.74) is 4.83. The maximum absolute atomic E-state index is 8.66. The molecule has 1 saturated heterocycles. The molecule has 1 heterocycles. The van der Waals surface area contributed by atoms with E-state index in [4.69, 9.17) is 5.21 Å². The van der Waals surface area contributed by atoms with Gasteiger partial charge in [0.25, 0.3) is 0 Å². The summed E-state index contributed by atoms with van der Waals surface area (Å²) in [5, 5.41) is 8.66. The van der Waals surface area contributed by atoms with Gasteiger partial charge in [0.1, 0.15) is 0 Å². The van der Waals surface area contributed by atoms with Crippen molar-refractivity contribution in [3.63, 3.8) is 0 Å². The van der Waals surface area contributed by atoms with Gasteiger partial charge in [0.2, 0.25) is 0 Å². The highest BCUT2D eigenvalue weighted by Crippen LogP contribution is 2.35. The molecule has 1 aliphatic heterocycles. The minimum atomic E-state index is 0.553. The van der Waals surface area contributed by atoms with Gasteiger partial charge in [-0.15, -0.1) is 0 Å². The van der Waals surface area contributed by atoms with Gasteiger partial charge >= 0.3 is 0 Å². The minimum Gasteiger partial charge on any atom is -0.316 e. The monoisotopic (exact) mass is 195 g/mol. The van der Waals surface area contributed by atoms with Crippen LogP contribution in [0.15, 0.2) is 24.3 Å². The first-order chi connectivity index (χ1) is 6.42. The Bertz CT molecular complexity index is 286. The van der Waals surface area contributed by atoms with Crippen molar-refractivity contribution in [1.82, 2.24) is 5.48 Å². The van der Waals surface area contributed by atoms with Crippen LogP contribution in [0.1, 0.15) is 17.0 Å². The van der Waals surface area contributed by atoms with Crippen LogP contribution in [0.2, 0.25) is 0 Å². The molecule has 13 heavy (non-hydrogen) atoms. The Balaban J connectivity index is 2.20. The molecule has 1 aromatic rings. The lowest BCUT2D eigenvalue weighted by Crippen LogP contribution is -2.19. The first-order valence-corrected chi connectivity index (χ1v) is 5.60. The lowest BCUT2D eigenvalue weighted by atomic mass is 9.96. The topological polar surface area (TPSA) is 32.3 Å². The molecule has 2 rings (SSSR count). The third-order valence-electron chi connectivity index (χ3n) is 2.40. The SMILES string of the molecule is ONCc1ccccc1C1CSC1. The van der Waals surface area contributed by atoms with Crippen molar-refractivity contribution in [2.75, 3.05) is 11.5 Å². The Morgan fingerprint density at radius 3 is 2.77 bits per heavy atom. The molecule has 1 fully saturated rings. The number of nitrogens with one attached hydrogen (secondary N) is 1. The number of hydroxylamine groups is 1. The van der Waals surface area contributed by atoms with Gasteiger partial charge < -0.3 is 5.21 Å². The van der Waals surface area contributed by atoms with Crippen LogP contribution in [-0.4, -0.2) is 16.7 Å². The summed E-state index contributed by atoms with van der Waals surface area (Å²) in [4.78, 5) is 0. The fourth-order valence-corrected chi connectivity index (χ4v) is 2.42. The van der Waals surface area contributed by atoms with Crippen molar-refractivity contribution in [3.05, 3.63) is 35.4 Å². The molecule has 2 N–H and O–H groups in total. The van der Waals surface area contributed by atoms with E-state index in [0.29, 0.717) is 12.5 Å². The van der Waals surface area contributed by atoms with E-state index in [1.54, 1.807) is 0 Å². The molecule has 3 heteroatoms. The van der Waals surface area contributed by atoms with Gasteiger partial charge in [0.15, 0.2) is 0 Å². The van der Waals surface area contributed by atoms with Gasteiger partial charge in [0.05, 0.1) is 0 Å². The van der Waals surface area contributed by atoms with Crippen molar-refractivity contribution >= 4 is 11.8 Å². The molecule has 0 atom stereocenters. The normalized spacial score (nSPS) is 17.0. The quantitative estimate of drug-likeness (QED) is 0.723. The first kappa shape index (κ1) is 9.06. The van der Waals surface area contributed by atoms with Gasteiger partial charge in [-0.3, -0.25) is 0 Å². The van der Waals surface area contributed by atoms with Crippen molar-refractivity contribution < 1.29 is 5.21 Å². The molecule has 0 radical (unpaired) electrons. The predicted octanol–water partition coefficient (Wildman–Crippen LogP) is 2.00. The summed E-state index contributed by atoms with van der Waals surface area (Å²) in [5.74, 6) is 3.15. The Labute approximate surface area is 82.3 Å². The van der Waals surface area contributed by atoms with Crippen molar-refractivity contribution in [3.8, 4) is 0 Å². The van der Waals surface area contributed by atoms with Gasteiger partial charge in [0, 0.05) is 24.0 Å². The molecular formula is C10H13NOS. The maximum atomic E-state index is 8.66. The Kier molecular flexibility index (Phi) is 2.88. The molecule has 0 aliphatic carbocycles. The van der Waals surface area contributed by atoms with Crippen LogP contribution in [-0.2, 0) is 6.54 Å². The summed E-state index contributed by atoms with van der Waals surface area (Å²) in [6.45, 7) is 0.553. The van der Waals surface area contributed by atoms with E-state index < -0.39 is 0 Å². The zero-order chi connectivity index (χ0) is 9.10. The molecule has 0 spiro atoms. The smallest absolute Gasteiger partial charge is 0.0460 e. The standard InChI is InChI=1S/C10H13NOS/c12-11-5-8-3-1-2-4-10(8)9-6-13-7-9/h1-4,9,11-12H,5-7H2. The maximum Gasteiger partial charge on any atom is 0.0460 e. The summed E-state index contributed by atoms with van der Waals surface area (Å²) in [6, 6.07) is 8.32. The van der Waals surface area contributed by atoms with Gasteiger partial charge in [-0.05, 0) is 11.1 Å².